The number of hydrogen-bond donors (Lipinski definition) is 1. The first-order valence-corrected chi connectivity index (χ1v) is 8.86. The molecule has 0 radical (unpaired) electrons. The van der Waals surface area contributed by atoms with E-state index in [0.717, 1.165) is 6.42 Å². The molecule has 1 aromatic rings. The third-order valence-electron chi connectivity index (χ3n) is 4.73. The van der Waals surface area contributed by atoms with Gasteiger partial charge in [-0.05, 0) is 55.7 Å². The van der Waals surface area contributed by atoms with E-state index in [0.29, 0.717) is 30.2 Å². The number of carboxylic acids is 1. The summed E-state index contributed by atoms with van der Waals surface area (Å²) in [7, 11) is -3.47. The molecule has 5 heteroatoms. The van der Waals surface area contributed by atoms with Crippen molar-refractivity contribution < 1.29 is 18.3 Å². The smallest absolute Gasteiger partial charge is 0.335 e. The largest absolute Gasteiger partial charge is 0.478 e. The third-order valence-corrected chi connectivity index (χ3v) is 7.09. The average molecular weight is 310 g/mol. The van der Waals surface area contributed by atoms with Gasteiger partial charge in [-0.15, -0.1) is 0 Å². The quantitative estimate of drug-likeness (QED) is 0.930. The van der Waals surface area contributed by atoms with Crippen molar-refractivity contribution in [1.29, 1.82) is 0 Å². The highest BCUT2D eigenvalue weighted by molar-refractivity contribution is 7.92. The summed E-state index contributed by atoms with van der Waals surface area (Å²) >= 11 is 0. The van der Waals surface area contributed by atoms with Crippen LogP contribution < -0.4 is 0 Å². The first-order chi connectivity index (χ1) is 9.73. The van der Waals surface area contributed by atoms with Gasteiger partial charge in [0.25, 0.3) is 0 Å². The van der Waals surface area contributed by atoms with Gasteiger partial charge in [-0.25, -0.2) is 13.2 Å². The van der Waals surface area contributed by atoms with Crippen LogP contribution in [0.5, 0.6) is 0 Å². The van der Waals surface area contributed by atoms with Gasteiger partial charge in [0.15, 0.2) is 9.84 Å². The van der Waals surface area contributed by atoms with Gasteiger partial charge in [0.05, 0.1) is 15.7 Å². The van der Waals surface area contributed by atoms with Crippen LogP contribution in [0.2, 0.25) is 0 Å². The minimum absolute atomic E-state index is 0.0244. The molecule has 1 aromatic carbocycles. The van der Waals surface area contributed by atoms with Crippen LogP contribution in [0, 0.1) is 18.8 Å². The summed E-state index contributed by atoms with van der Waals surface area (Å²) in [6, 6.07) is 4.32. The minimum Gasteiger partial charge on any atom is -0.478 e. The molecule has 116 valence electrons. The Balaban J connectivity index is 2.40. The zero-order valence-corrected chi connectivity index (χ0v) is 13.5. The van der Waals surface area contributed by atoms with Gasteiger partial charge in [-0.2, -0.15) is 0 Å². The lowest BCUT2D eigenvalue weighted by Crippen LogP contribution is -2.31. The number of carbonyl (C=O) groups is 1. The number of sulfone groups is 1. The highest BCUT2D eigenvalue weighted by atomic mass is 32.2. The molecule has 3 unspecified atom stereocenters. The van der Waals surface area contributed by atoms with E-state index in [1.54, 1.807) is 13.0 Å². The number of rotatable bonds is 3. The summed E-state index contributed by atoms with van der Waals surface area (Å²) in [5.74, 6) is -0.179. The molecule has 1 saturated carbocycles. The number of carboxylic acid groups (broad SMARTS) is 1. The van der Waals surface area contributed by atoms with Gasteiger partial charge < -0.3 is 5.11 Å². The number of benzene rings is 1. The molecule has 4 nitrogen and oxygen atoms in total. The molecule has 1 N–H and O–H groups in total. The van der Waals surface area contributed by atoms with Gasteiger partial charge >= 0.3 is 5.97 Å². The molecule has 0 aliphatic heterocycles. The molecule has 0 saturated heterocycles. The molecular formula is C16H22O4S. The van der Waals surface area contributed by atoms with Crippen LogP contribution in [0.4, 0.5) is 0 Å². The third kappa shape index (κ3) is 3.12. The molecule has 0 amide bonds. The molecular weight excluding hydrogens is 288 g/mol. The second-order valence-electron chi connectivity index (χ2n) is 6.22. The van der Waals surface area contributed by atoms with Crippen molar-refractivity contribution in [3.8, 4) is 0 Å². The van der Waals surface area contributed by atoms with Crippen molar-refractivity contribution in [1.82, 2.24) is 0 Å². The minimum atomic E-state index is -3.47. The van der Waals surface area contributed by atoms with Gasteiger partial charge in [-0.1, -0.05) is 19.9 Å². The molecule has 1 aliphatic rings. The van der Waals surface area contributed by atoms with Crippen LogP contribution in [0.3, 0.4) is 0 Å². The topological polar surface area (TPSA) is 71.4 Å². The van der Waals surface area contributed by atoms with E-state index in [1.165, 1.54) is 12.1 Å². The number of hydrogen-bond acceptors (Lipinski definition) is 3. The van der Waals surface area contributed by atoms with E-state index in [9.17, 15) is 13.2 Å². The van der Waals surface area contributed by atoms with Crippen molar-refractivity contribution in [3.63, 3.8) is 0 Å². The number of aryl methyl sites for hydroxylation is 1. The second-order valence-corrected chi connectivity index (χ2v) is 8.42. The summed E-state index contributed by atoms with van der Waals surface area (Å²) in [5, 5.41) is 8.66. The van der Waals surface area contributed by atoms with E-state index in [-0.39, 0.29) is 10.5 Å². The molecule has 0 aromatic heterocycles. The SMILES string of the molecule is Cc1ccc(C(=O)O)cc1S(=O)(=O)C1CCC(C)C(C)C1. The van der Waals surface area contributed by atoms with Crippen LogP contribution in [0.15, 0.2) is 23.1 Å². The Kier molecular flexibility index (Phi) is 4.42. The zero-order valence-electron chi connectivity index (χ0n) is 12.7. The average Bonchev–Trinajstić information content (AvgIpc) is 2.41. The predicted octanol–water partition coefficient (Wildman–Crippen LogP) is 3.29. The van der Waals surface area contributed by atoms with Crippen LogP contribution in [-0.4, -0.2) is 24.7 Å². The van der Waals surface area contributed by atoms with Gasteiger partial charge in [-0.3, -0.25) is 0 Å². The Labute approximate surface area is 126 Å². The first-order valence-electron chi connectivity index (χ1n) is 7.31. The van der Waals surface area contributed by atoms with Crippen LogP contribution in [0.25, 0.3) is 0 Å². The molecule has 1 fully saturated rings. The molecule has 3 atom stereocenters. The molecule has 21 heavy (non-hydrogen) atoms. The maximum atomic E-state index is 12.8. The summed E-state index contributed by atoms with van der Waals surface area (Å²) < 4.78 is 25.7. The first kappa shape index (κ1) is 16.0. The normalized spacial score (nSPS) is 26.5. The zero-order chi connectivity index (χ0) is 15.8. The molecule has 2 rings (SSSR count). The summed E-state index contributed by atoms with van der Waals surface area (Å²) in [6.07, 6.45) is 2.22. The van der Waals surface area contributed by atoms with Crippen molar-refractivity contribution in [2.45, 2.75) is 50.2 Å². The second kappa shape index (κ2) is 5.79. The molecule has 0 heterocycles. The lowest BCUT2D eigenvalue weighted by atomic mass is 9.81. The Morgan fingerprint density at radius 1 is 1.19 bits per heavy atom. The fourth-order valence-corrected chi connectivity index (χ4v) is 5.17. The monoisotopic (exact) mass is 310 g/mol. The van der Waals surface area contributed by atoms with Gasteiger partial charge in [0, 0.05) is 0 Å². The van der Waals surface area contributed by atoms with Gasteiger partial charge in [0.2, 0.25) is 0 Å². The lowest BCUT2D eigenvalue weighted by Gasteiger charge is -2.32. The Morgan fingerprint density at radius 3 is 2.43 bits per heavy atom. The number of aromatic carboxylic acids is 1. The maximum absolute atomic E-state index is 12.8. The lowest BCUT2D eigenvalue weighted by molar-refractivity contribution is 0.0696. The van der Waals surface area contributed by atoms with E-state index < -0.39 is 21.1 Å². The van der Waals surface area contributed by atoms with Crippen LogP contribution in [0.1, 0.15) is 49.0 Å². The molecule has 0 bridgehead atoms. The van der Waals surface area contributed by atoms with Crippen molar-refractivity contribution in [2.24, 2.45) is 11.8 Å². The summed E-state index contributed by atoms with van der Waals surface area (Å²) in [4.78, 5) is 11.2. The van der Waals surface area contributed by atoms with E-state index in [1.807, 2.05) is 0 Å². The highest BCUT2D eigenvalue weighted by Crippen LogP contribution is 2.36. The Morgan fingerprint density at radius 2 is 1.86 bits per heavy atom. The summed E-state index contributed by atoms with van der Waals surface area (Å²) in [5.41, 5.74) is 0.641. The van der Waals surface area contributed by atoms with Crippen molar-refractivity contribution in [2.75, 3.05) is 0 Å². The fraction of sp³-hybridized carbons (Fsp3) is 0.562. The van der Waals surface area contributed by atoms with E-state index in [4.69, 9.17) is 5.11 Å². The standard InChI is InChI=1S/C16H22O4S/c1-10-5-7-14(8-12(10)3)21(19,20)15-9-13(16(17)18)6-4-11(15)2/h4,6,9-10,12,14H,5,7-8H2,1-3H3,(H,17,18). The van der Waals surface area contributed by atoms with E-state index >= 15 is 0 Å². The molecule has 1 aliphatic carbocycles. The Hall–Kier alpha value is -1.36. The van der Waals surface area contributed by atoms with Crippen LogP contribution >= 0.6 is 0 Å². The maximum Gasteiger partial charge on any atom is 0.335 e. The summed E-state index contributed by atoms with van der Waals surface area (Å²) in [6.45, 7) is 5.96. The highest BCUT2D eigenvalue weighted by Gasteiger charge is 2.35. The van der Waals surface area contributed by atoms with Crippen molar-refractivity contribution >= 4 is 15.8 Å². The van der Waals surface area contributed by atoms with Gasteiger partial charge in [0.1, 0.15) is 0 Å². The Bertz CT molecular complexity index is 648. The van der Waals surface area contributed by atoms with E-state index in [2.05, 4.69) is 13.8 Å². The predicted molar refractivity (Wildman–Crippen MR) is 81.3 cm³/mol. The fourth-order valence-electron chi connectivity index (χ4n) is 3.00. The van der Waals surface area contributed by atoms with Crippen molar-refractivity contribution in [3.05, 3.63) is 29.3 Å². The van der Waals surface area contributed by atoms with Crippen LogP contribution in [-0.2, 0) is 9.84 Å². The molecule has 0 spiro atoms.